The van der Waals surface area contributed by atoms with Gasteiger partial charge in [0.2, 0.25) is 10.0 Å². The van der Waals surface area contributed by atoms with Gasteiger partial charge in [-0.25, -0.2) is 17.5 Å². The van der Waals surface area contributed by atoms with Crippen molar-refractivity contribution in [1.82, 2.24) is 4.72 Å². The van der Waals surface area contributed by atoms with Crippen molar-refractivity contribution < 1.29 is 17.5 Å². The van der Waals surface area contributed by atoms with E-state index < -0.39 is 15.8 Å². The molecule has 1 aliphatic rings. The first-order valence-electron chi connectivity index (χ1n) is 6.67. The number of rotatable bonds is 4. The van der Waals surface area contributed by atoms with Crippen molar-refractivity contribution in [1.29, 1.82) is 0 Å². The molecule has 1 aromatic carbocycles. The van der Waals surface area contributed by atoms with Crippen LogP contribution in [-0.4, -0.2) is 27.7 Å². The first-order valence-corrected chi connectivity index (χ1v) is 8.15. The van der Waals surface area contributed by atoms with Crippen LogP contribution in [0.3, 0.4) is 0 Å². The molecular formula is C14H20FNO3S. The van der Waals surface area contributed by atoms with Gasteiger partial charge in [0.05, 0.1) is 11.0 Å². The SMILES string of the molecule is COC1CCCC1NS(=O)(=O)c1c(C)cc(F)cc1C. The van der Waals surface area contributed by atoms with Gasteiger partial charge in [0.25, 0.3) is 0 Å². The summed E-state index contributed by atoms with van der Waals surface area (Å²) in [6.07, 6.45) is 2.46. The van der Waals surface area contributed by atoms with E-state index in [0.717, 1.165) is 19.3 Å². The van der Waals surface area contributed by atoms with E-state index in [9.17, 15) is 12.8 Å². The molecular weight excluding hydrogens is 281 g/mol. The highest BCUT2D eigenvalue weighted by atomic mass is 32.2. The number of methoxy groups -OCH3 is 1. The fourth-order valence-electron chi connectivity index (χ4n) is 2.92. The smallest absolute Gasteiger partial charge is 0.241 e. The number of hydrogen-bond acceptors (Lipinski definition) is 3. The highest BCUT2D eigenvalue weighted by Gasteiger charge is 2.32. The maximum atomic E-state index is 13.3. The van der Waals surface area contributed by atoms with Crippen LogP contribution in [0, 0.1) is 19.7 Å². The maximum absolute atomic E-state index is 13.3. The zero-order valence-electron chi connectivity index (χ0n) is 11.9. The normalized spacial score (nSPS) is 23.2. The Labute approximate surface area is 119 Å². The average molecular weight is 301 g/mol. The average Bonchev–Trinajstić information content (AvgIpc) is 2.73. The van der Waals surface area contributed by atoms with Gasteiger partial charge in [0.15, 0.2) is 0 Å². The molecule has 0 amide bonds. The molecule has 2 unspecified atom stereocenters. The molecule has 0 heterocycles. The molecule has 1 fully saturated rings. The second-order valence-corrected chi connectivity index (χ2v) is 6.95. The minimum Gasteiger partial charge on any atom is -0.380 e. The van der Waals surface area contributed by atoms with E-state index in [1.165, 1.54) is 12.1 Å². The summed E-state index contributed by atoms with van der Waals surface area (Å²) in [5.74, 6) is -0.422. The molecule has 20 heavy (non-hydrogen) atoms. The summed E-state index contributed by atoms with van der Waals surface area (Å²) in [4.78, 5) is 0.167. The lowest BCUT2D eigenvalue weighted by Gasteiger charge is -2.21. The van der Waals surface area contributed by atoms with Crippen LogP contribution in [0.1, 0.15) is 30.4 Å². The predicted molar refractivity (Wildman–Crippen MR) is 74.6 cm³/mol. The molecule has 1 aliphatic carbocycles. The van der Waals surface area contributed by atoms with Crippen LogP contribution >= 0.6 is 0 Å². The number of nitrogens with one attached hydrogen (secondary N) is 1. The maximum Gasteiger partial charge on any atom is 0.241 e. The van der Waals surface area contributed by atoms with E-state index in [4.69, 9.17) is 4.74 Å². The van der Waals surface area contributed by atoms with Gasteiger partial charge in [-0.15, -0.1) is 0 Å². The standard InChI is InChI=1S/C14H20FNO3S/c1-9-7-11(15)8-10(2)14(9)20(17,18)16-12-5-4-6-13(12)19-3/h7-8,12-13,16H,4-6H2,1-3H3. The first kappa shape index (κ1) is 15.4. The number of ether oxygens (including phenoxy) is 1. The van der Waals surface area contributed by atoms with Gasteiger partial charge in [0.1, 0.15) is 5.82 Å². The number of halogens is 1. The molecule has 1 aromatic rings. The minimum atomic E-state index is -3.66. The van der Waals surface area contributed by atoms with Crippen LogP contribution in [0.4, 0.5) is 4.39 Å². The summed E-state index contributed by atoms with van der Waals surface area (Å²) in [5, 5.41) is 0. The van der Waals surface area contributed by atoms with Crippen LogP contribution < -0.4 is 4.72 Å². The van der Waals surface area contributed by atoms with Gasteiger partial charge in [-0.1, -0.05) is 0 Å². The predicted octanol–water partition coefficient (Wildman–Crippen LogP) is 2.29. The van der Waals surface area contributed by atoms with Crippen molar-refractivity contribution in [3.63, 3.8) is 0 Å². The Balaban J connectivity index is 2.32. The Morgan fingerprint density at radius 3 is 2.40 bits per heavy atom. The Bertz CT molecular complexity index is 577. The third-order valence-electron chi connectivity index (χ3n) is 3.76. The lowest BCUT2D eigenvalue weighted by atomic mass is 10.1. The van der Waals surface area contributed by atoms with Crippen molar-refractivity contribution in [2.75, 3.05) is 7.11 Å². The summed E-state index contributed by atoms with van der Waals surface area (Å²) in [6, 6.07) is 2.27. The second kappa shape index (κ2) is 5.79. The van der Waals surface area contributed by atoms with Crippen molar-refractivity contribution in [3.05, 3.63) is 29.1 Å². The van der Waals surface area contributed by atoms with Gasteiger partial charge < -0.3 is 4.74 Å². The van der Waals surface area contributed by atoms with E-state index in [-0.39, 0.29) is 17.0 Å². The monoisotopic (exact) mass is 301 g/mol. The summed E-state index contributed by atoms with van der Waals surface area (Å²) in [7, 11) is -2.07. The molecule has 0 spiro atoms. The highest BCUT2D eigenvalue weighted by Crippen LogP contribution is 2.26. The topological polar surface area (TPSA) is 55.4 Å². The van der Waals surface area contributed by atoms with E-state index >= 15 is 0 Å². The number of benzene rings is 1. The Kier molecular flexibility index (Phi) is 4.46. The molecule has 4 nitrogen and oxygen atoms in total. The van der Waals surface area contributed by atoms with Crippen LogP contribution in [0.2, 0.25) is 0 Å². The van der Waals surface area contributed by atoms with E-state index in [0.29, 0.717) is 11.1 Å². The fourth-order valence-corrected chi connectivity index (χ4v) is 4.67. The molecule has 0 aromatic heterocycles. The van der Waals surface area contributed by atoms with Crippen LogP contribution in [0.5, 0.6) is 0 Å². The van der Waals surface area contributed by atoms with Crippen LogP contribution in [0.25, 0.3) is 0 Å². The van der Waals surface area contributed by atoms with Crippen molar-refractivity contribution >= 4 is 10.0 Å². The summed E-state index contributed by atoms with van der Waals surface area (Å²) >= 11 is 0. The largest absolute Gasteiger partial charge is 0.380 e. The Hall–Kier alpha value is -0.980. The third-order valence-corrected chi connectivity index (χ3v) is 5.55. The Morgan fingerprint density at radius 2 is 1.85 bits per heavy atom. The number of hydrogen-bond donors (Lipinski definition) is 1. The molecule has 2 atom stereocenters. The first-order chi connectivity index (χ1) is 9.35. The second-order valence-electron chi connectivity index (χ2n) is 5.30. The van der Waals surface area contributed by atoms with Gasteiger partial charge in [-0.3, -0.25) is 0 Å². The molecule has 0 radical (unpaired) electrons. The molecule has 6 heteroatoms. The zero-order chi connectivity index (χ0) is 14.9. The lowest BCUT2D eigenvalue weighted by Crippen LogP contribution is -2.41. The molecule has 0 aliphatic heterocycles. The highest BCUT2D eigenvalue weighted by molar-refractivity contribution is 7.89. The quantitative estimate of drug-likeness (QED) is 0.928. The van der Waals surface area contributed by atoms with Crippen molar-refractivity contribution in [3.8, 4) is 0 Å². The van der Waals surface area contributed by atoms with Gasteiger partial charge >= 0.3 is 0 Å². The Morgan fingerprint density at radius 1 is 1.25 bits per heavy atom. The minimum absolute atomic E-state index is 0.0918. The van der Waals surface area contributed by atoms with Crippen molar-refractivity contribution in [2.24, 2.45) is 0 Å². The molecule has 0 bridgehead atoms. The summed E-state index contributed by atoms with van der Waals surface area (Å²) in [5.41, 5.74) is 0.837. The summed E-state index contributed by atoms with van der Waals surface area (Å²) in [6.45, 7) is 3.21. The third kappa shape index (κ3) is 3.02. The van der Waals surface area contributed by atoms with Gasteiger partial charge in [-0.05, 0) is 56.4 Å². The van der Waals surface area contributed by atoms with E-state index in [1.807, 2.05) is 0 Å². The van der Waals surface area contributed by atoms with Gasteiger partial charge in [-0.2, -0.15) is 0 Å². The number of aryl methyl sites for hydroxylation is 2. The zero-order valence-corrected chi connectivity index (χ0v) is 12.8. The van der Waals surface area contributed by atoms with Crippen LogP contribution in [-0.2, 0) is 14.8 Å². The van der Waals surface area contributed by atoms with E-state index in [1.54, 1.807) is 21.0 Å². The molecule has 2 rings (SSSR count). The fraction of sp³-hybridized carbons (Fsp3) is 0.571. The van der Waals surface area contributed by atoms with Gasteiger partial charge in [0, 0.05) is 13.2 Å². The van der Waals surface area contributed by atoms with E-state index in [2.05, 4.69) is 4.72 Å². The molecule has 112 valence electrons. The van der Waals surface area contributed by atoms with Crippen molar-refractivity contribution in [2.45, 2.75) is 50.2 Å². The molecule has 1 saturated carbocycles. The van der Waals surface area contributed by atoms with Crippen LogP contribution in [0.15, 0.2) is 17.0 Å². The lowest BCUT2D eigenvalue weighted by molar-refractivity contribution is 0.0916. The molecule has 1 N–H and O–H groups in total. The summed E-state index contributed by atoms with van der Waals surface area (Å²) < 4.78 is 46.3. The molecule has 0 saturated heterocycles. The number of sulfonamides is 1.